The third-order valence-electron chi connectivity index (χ3n) is 5.77. The van der Waals surface area contributed by atoms with Crippen molar-refractivity contribution in [3.63, 3.8) is 0 Å². The second-order valence-electron chi connectivity index (χ2n) is 7.58. The quantitative estimate of drug-likeness (QED) is 0.755. The summed E-state index contributed by atoms with van der Waals surface area (Å²) in [4.78, 5) is 18.2. The van der Waals surface area contributed by atoms with Gasteiger partial charge in [-0.2, -0.15) is 5.10 Å². The van der Waals surface area contributed by atoms with Crippen molar-refractivity contribution in [3.8, 4) is 11.3 Å². The number of nitrogens with zero attached hydrogens (tertiary/aromatic N) is 6. The number of hydrogen-bond donors (Lipinski definition) is 1. The van der Waals surface area contributed by atoms with Crippen molar-refractivity contribution in [2.75, 3.05) is 31.1 Å². The Labute approximate surface area is 164 Å². The highest BCUT2D eigenvalue weighted by atomic mass is 15.3. The van der Waals surface area contributed by atoms with Gasteiger partial charge in [0.1, 0.15) is 0 Å². The van der Waals surface area contributed by atoms with Crippen LogP contribution in [0.25, 0.3) is 11.3 Å². The molecule has 144 valence electrons. The van der Waals surface area contributed by atoms with E-state index in [0.717, 1.165) is 56.4 Å². The van der Waals surface area contributed by atoms with Crippen LogP contribution in [0.4, 0.5) is 5.95 Å². The fourth-order valence-corrected chi connectivity index (χ4v) is 4.17. The lowest BCUT2D eigenvalue weighted by molar-refractivity contribution is 0.245. The van der Waals surface area contributed by atoms with Crippen LogP contribution in [0.2, 0.25) is 0 Å². The molecule has 7 heteroatoms. The monoisotopic (exact) mass is 375 g/mol. The smallest absolute Gasteiger partial charge is 0.225 e. The number of nitrogens with one attached hydrogen (secondary N) is 1. The lowest BCUT2D eigenvalue weighted by atomic mass is 9.96. The Morgan fingerprint density at radius 1 is 1.00 bits per heavy atom. The average Bonchev–Trinajstić information content (AvgIpc) is 3.18. The van der Waals surface area contributed by atoms with E-state index >= 15 is 0 Å². The first kappa shape index (κ1) is 17.3. The van der Waals surface area contributed by atoms with E-state index in [1.54, 1.807) is 6.20 Å². The summed E-state index contributed by atoms with van der Waals surface area (Å²) >= 11 is 0. The van der Waals surface area contributed by atoms with Gasteiger partial charge in [0, 0.05) is 62.6 Å². The Morgan fingerprint density at radius 3 is 2.75 bits per heavy atom. The van der Waals surface area contributed by atoms with E-state index in [1.807, 2.05) is 30.6 Å². The largest absolute Gasteiger partial charge is 0.338 e. The van der Waals surface area contributed by atoms with Crippen LogP contribution in [0.1, 0.15) is 29.8 Å². The molecule has 0 aromatic carbocycles. The molecule has 7 nitrogen and oxygen atoms in total. The van der Waals surface area contributed by atoms with E-state index in [0.29, 0.717) is 0 Å². The molecule has 0 spiro atoms. The van der Waals surface area contributed by atoms with Crippen molar-refractivity contribution >= 4 is 5.95 Å². The van der Waals surface area contributed by atoms with Gasteiger partial charge in [0.2, 0.25) is 5.95 Å². The number of H-pyrrole nitrogens is 1. The molecule has 0 unspecified atom stereocenters. The first-order chi connectivity index (χ1) is 13.9. The summed E-state index contributed by atoms with van der Waals surface area (Å²) in [7, 11) is 0. The number of rotatable bonds is 4. The van der Waals surface area contributed by atoms with Crippen LogP contribution >= 0.6 is 0 Å². The van der Waals surface area contributed by atoms with Crippen molar-refractivity contribution < 1.29 is 0 Å². The lowest BCUT2D eigenvalue weighted by Gasteiger charge is -2.34. The highest BCUT2D eigenvalue weighted by Crippen LogP contribution is 2.24. The Morgan fingerprint density at radius 2 is 1.89 bits per heavy atom. The van der Waals surface area contributed by atoms with Gasteiger partial charge in [-0.05, 0) is 49.4 Å². The summed E-state index contributed by atoms with van der Waals surface area (Å²) in [6.45, 7) is 4.81. The zero-order valence-corrected chi connectivity index (χ0v) is 16.0. The number of anilines is 1. The van der Waals surface area contributed by atoms with Gasteiger partial charge in [0.05, 0.1) is 11.4 Å². The number of hydrogen-bond acceptors (Lipinski definition) is 6. The number of piperazine rings is 1. The molecular formula is C21H25N7. The second-order valence-corrected chi connectivity index (χ2v) is 7.58. The van der Waals surface area contributed by atoms with Crippen molar-refractivity contribution in [1.29, 1.82) is 0 Å². The SMILES string of the molecule is c1cncc(-c2ccnc(N3CCN(Cc4n[nH]c5c4CCCC5)CC3)n2)c1. The second kappa shape index (κ2) is 7.67. The summed E-state index contributed by atoms with van der Waals surface area (Å²) in [5.74, 6) is 0.804. The Hall–Kier alpha value is -2.80. The highest BCUT2D eigenvalue weighted by molar-refractivity contribution is 5.58. The summed E-state index contributed by atoms with van der Waals surface area (Å²) < 4.78 is 0. The van der Waals surface area contributed by atoms with Crippen LogP contribution in [0, 0.1) is 0 Å². The Balaban J connectivity index is 1.23. The Kier molecular flexibility index (Phi) is 4.74. The van der Waals surface area contributed by atoms with Crippen LogP contribution < -0.4 is 4.90 Å². The van der Waals surface area contributed by atoms with Crippen LogP contribution in [0.15, 0.2) is 36.8 Å². The number of fused-ring (bicyclic) bond motifs is 1. The van der Waals surface area contributed by atoms with E-state index < -0.39 is 0 Å². The molecule has 0 bridgehead atoms. The molecule has 0 atom stereocenters. The normalized spacial score (nSPS) is 17.5. The summed E-state index contributed by atoms with van der Waals surface area (Å²) in [6, 6.07) is 5.91. The lowest BCUT2D eigenvalue weighted by Crippen LogP contribution is -2.46. The molecular weight excluding hydrogens is 350 g/mol. The maximum absolute atomic E-state index is 4.76. The molecule has 2 aliphatic rings. The van der Waals surface area contributed by atoms with Crippen LogP contribution in [0.5, 0.6) is 0 Å². The minimum Gasteiger partial charge on any atom is -0.338 e. The molecule has 1 aliphatic carbocycles. The zero-order valence-electron chi connectivity index (χ0n) is 16.0. The molecule has 1 fully saturated rings. The van der Waals surface area contributed by atoms with Crippen LogP contribution in [0.3, 0.4) is 0 Å². The first-order valence-corrected chi connectivity index (χ1v) is 10.1. The van der Waals surface area contributed by atoms with E-state index in [4.69, 9.17) is 4.98 Å². The molecule has 0 radical (unpaired) electrons. The topological polar surface area (TPSA) is 73.8 Å². The zero-order chi connectivity index (χ0) is 18.8. The standard InChI is InChI=1S/C21H25N7/c1-2-6-19-17(5-1)20(26-25-19)15-27-10-12-28(13-11-27)21-23-9-7-18(24-21)16-4-3-8-22-14-16/h3-4,7-9,14H,1-2,5-6,10-13,15H2,(H,25,26). The fourth-order valence-electron chi connectivity index (χ4n) is 4.17. The fraction of sp³-hybridized carbons (Fsp3) is 0.429. The van der Waals surface area contributed by atoms with Crippen LogP contribution in [-0.4, -0.2) is 56.2 Å². The molecule has 4 heterocycles. The van der Waals surface area contributed by atoms with Crippen molar-refractivity contribution in [1.82, 2.24) is 30.0 Å². The molecule has 3 aromatic heterocycles. The Bertz CT molecular complexity index is 929. The number of pyridine rings is 1. The van der Waals surface area contributed by atoms with Gasteiger partial charge in [0.25, 0.3) is 0 Å². The molecule has 1 saturated heterocycles. The molecule has 5 rings (SSSR count). The average molecular weight is 375 g/mol. The van der Waals surface area contributed by atoms with Crippen molar-refractivity contribution in [2.45, 2.75) is 32.2 Å². The number of aryl methyl sites for hydroxylation is 1. The molecule has 0 amide bonds. The van der Waals surface area contributed by atoms with Crippen LogP contribution in [-0.2, 0) is 19.4 Å². The van der Waals surface area contributed by atoms with Crippen molar-refractivity contribution in [2.24, 2.45) is 0 Å². The predicted molar refractivity (Wildman–Crippen MR) is 108 cm³/mol. The maximum atomic E-state index is 4.76. The van der Waals surface area contributed by atoms with Crippen molar-refractivity contribution in [3.05, 3.63) is 53.7 Å². The number of aromatic nitrogens is 5. The third-order valence-corrected chi connectivity index (χ3v) is 5.77. The van der Waals surface area contributed by atoms with Gasteiger partial charge in [-0.25, -0.2) is 9.97 Å². The maximum Gasteiger partial charge on any atom is 0.225 e. The van der Waals surface area contributed by atoms with Gasteiger partial charge in [-0.3, -0.25) is 15.0 Å². The minimum absolute atomic E-state index is 0.804. The molecule has 1 aliphatic heterocycles. The highest BCUT2D eigenvalue weighted by Gasteiger charge is 2.23. The van der Waals surface area contributed by atoms with Gasteiger partial charge < -0.3 is 4.90 Å². The van der Waals surface area contributed by atoms with E-state index in [-0.39, 0.29) is 0 Å². The third kappa shape index (κ3) is 3.49. The van der Waals surface area contributed by atoms with Gasteiger partial charge in [-0.1, -0.05) is 0 Å². The van der Waals surface area contributed by atoms with E-state index in [9.17, 15) is 0 Å². The van der Waals surface area contributed by atoms with Gasteiger partial charge in [-0.15, -0.1) is 0 Å². The summed E-state index contributed by atoms with van der Waals surface area (Å²) in [5.41, 5.74) is 6.02. The summed E-state index contributed by atoms with van der Waals surface area (Å²) in [6.07, 6.45) is 10.4. The molecule has 28 heavy (non-hydrogen) atoms. The predicted octanol–water partition coefficient (Wildman–Crippen LogP) is 2.46. The van der Waals surface area contributed by atoms with Gasteiger partial charge in [0.15, 0.2) is 0 Å². The van der Waals surface area contributed by atoms with Gasteiger partial charge >= 0.3 is 0 Å². The number of aromatic amines is 1. The minimum atomic E-state index is 0.804. The van der Waals surface area contributed by atoms with E-state index in [2.05, 4.69) is 30.0 Å². The molecule has 0 saturated carbocycles. The molecule has 1 N–H and O–H groups in total. The summed E-state index contributed by atoms with van der Waals surface area (Å²) in [5, 5.41) is 7.86. The first-order valence-electron chi connectivity index (χ1n) is 10.1. The van der Waals surface area contributed by atoms with E-state index in [1.165, 1.54) is 36.2 Å². The molecule has 3 aromatic rings.